The lowest BCUT2D eigenvalue weighted by atomic mass is 10.3. The molecule has 0 radical (unpaired) electrons. The number of hydrogen-bond acceptors (Lipinski definition) is 2. The molecule has 0 saturated heterocycles. The van der Waals surface area contributed by atoms with Crippen molar-refractivity contribution in [1.82, 2.24) is 14.3 Å². The van der Waals surface area contributed by atoms with Crippen molar-refractivity contribution >= 4 is 23.8 Å². The Morgan fingerprint density at radius 2 is 2.19 bits per heavy atom. The average Bonchev–Trinajstić information content (AvgIpc) is 2.43. The zero-order valence-electron chi connectivity index (χ0n) is 8.20. The van der Waals surface area contributed by atoms with Crippen molar-refractivity contribution in [3.8, 4) is 5.69 Å². The maximum atomic E-state index is 13.6. The highest BCUT2D eigenvalue weighted by atomic mass is 35.5. The lowest BCUT2D eigenvalue weighted by Crippen LogP contribution is -2.16. The minimum absolute atomic E-state index is 0.0799. The van der Waals surface area contributed by atoms with Crippen LogP contribution in [-0.2, 0) is 7.05 Å². The molecule has 2 aromatic rings. The minimum Gasteiger partial charge on any atom is -0.262 e. The molecule has 7 heteroatoms. The summed E-state index contributed by atoms with van der Waals surface area (Å²) in [6.07, 6.45) is 0. The van der Waals surface area contributed by atoms with Crippen molar-refractivity contribution in [2.24, 2.45) is 7.05 Å². The van der Waals surface area contributed by atoms with Crippen molar-refractivity contribution in [3.05, 3.63) is 44.3 Å². The van der Waals surface area contributed by atoms with E-state index in [1.165, 1.54) is 16.8 Å². The van der Waals surface area contributed by atoms with Crippen LogP contribution in [0.2, 0.25) is 5.02 Å². The van der Waals surface area contributed by atoms with E-state index in [9.17, 15) is 9.18 Å². The van der Waals surface area contributed by atoms with Crippen molar-refractivity contribution in [1.29, 1.82) is 0 Å². The molecule has 16 heavy (non-hydrogen) atoms. The second-order valence-electron chi connectivity index (χ2n) is 3.19. The molecular formula is C9H7ClFN3OS. The normalized spacial score (nSPS) is 10.7. The van der Waals surface area contributed by atoms with Crippen LogP contribution in [0.4, 0.5) is 4.39 Å². The van der Waals surface area contributed by atoms with E-state index in [-0.39, 0.29) is 15.5 Å². The van der Waals surface area contributed by atoms with E-state index < -0.39 is 11.5 Å². The number of nitrogens with zero attached hydrogens (tertiary/aromatic N) is 2. The predicted octanol–water partition coefficient (Wildman–Crippen LogP) is 2.03. The number of halogens is 2. The second-order valence-corrected chi connectivity index (χ2v) is 3.99. The molecule has 1 N–H and O–H groups in total. The molecule has 0 aliphatic rings. The topological polar surface area (TPSA) is 42.7 Å². The number of H-pyrrole nitrogens is 1. The number of benzene rings is 1. The number of aryl methyl sites for hydroxylation is 1. The summed E-state index contributed by atoms with van der Waals surface area (Å²) in [5.74, 6) is -0.597. The van der Waals surface area contributed by atoms with Crippen LogP contribution in [0.1, 0.15) is 0 Å². The number of aromatic nitrogens is 3. The molecule has 2 rings (SSSR count). The number of hydrogen-bond donors (Lipinski definition) is 1. The molecule has 0 bridgehead atoms. The third kappa shape index (κ3) is 1.70. The molecule has 0 fully saturated rings. The van der Waals surface area contributed by atoms with Gasteiger partial charge >= 0.3 is 5.69 Å². The lowest BCUT2D eigenvalue weighted by Gasteiger charge is -2.02. The van der Waals surface area contributed by atoms with Gasteiger partial charge in [0.1, 0.15) is 5.82 Å². The van der Waals surface area contributed by atoms with Gasteiger partial charge in [-0.3, -0.25) is 4.68 Å². The number of aromatic amines is 1. The first kappa shape index (κ1) is 11.1. The molecule has 0 atom stereocenters. The monoisotopic (exact) mass is 259 g/mol. The van der Waals surface area contributed by atoms with E-state index >= 15 is 0 Å². The number of nitrogens with one attached hydrogen (secondary N) is 1. The molecule has 84 valence electrons. The summed E-state index contributed by atoms with van der Waals surface area (Å²) in [5.41, 5.74) is -0.412. The van der Waals surface area contributed by atoms with Gasteiger partial charge in [-0.2, -0.15) is 0 Å². The van der Waals surface area contributed by atoms with Crippen LogP contribution in [0.25, 0.3) is 5.69 Å². The third-order valence-electron chi connectivity index (χ3n) is 2.10. The standard InChI is InChI=1S/C9H7ClFN3OS/c1-13-9(16)14(8(15)12-13)7-3-2-5(10)4-6(7)11/h2-4H,1H3,(H,12,15). The van der Waals surface area contributed by atoms with Gasteiger partial charge in [-0.05, 0) is 30.4 Å². The van der Waals surface area contributed by atoms with E-state index in [4.69, 9.17) is 23.8 Å². The minimum atomic E-state index is -0.597. The van der Waals surface area contributed by atoms with Crippen molar-refractivity contribution < 1.29 is 4.39 Å². The zero-order chi connectivity index (χ0) is 11.9. The lowest BCUT2D eigenvalue weighted by molar-refractivity contribution is 0.615. The first-order valence-electron chi connectivity index (χ1n) is 4.34. The SMILES string of the molecule is Cn1[nH]c(=O)n(-c2ccc(Cl)cc2F)c1=S. The van der Waals surface area contributed by atoms with Crippen LogP contribution >= 0.6 is 23.8 Å². The summed E-state index contributed by atoms with van der Waals surface area (Å²) in [4.78, 5) is 11.5. The molecule has 1 heterocycles. The maximum absolute atomic E-state index is 13.6. The molecule has 1 aromatic carbocycles. The van der Waals surface area contributed by atoms with Gasteiger partial charge in [-0.25, -0.2) is 18.9 Å². The molecule has 0 aliphatic heterocycles. The van der Waals surface area contributed by atoms with E-state index in [2.05, 4.69) is 5.10 Å². The maximum Gasteiger partial charge on any atom is 0.347 e. The Morgan fingerprint density at radius 3 is 2.69 bits per heavy atom. The summed E-state index contributed by atoms with van der Waals surface area (Å²) < 4.78 is 16.2. The number of rotatable bonds is 1. The van der Waals surface area contributed by atoms with Crippen molar-refractivity contribution in [2.45, 2.75) is 0 Å². The largest absolute Gasteiger partial charge is 0.347 e. The second kappa shape index (κ2) is 3.88. The fraction of sp³-hybridized carbons (Fsp3) is 0.111. The quantitative estimate of drug-likeness (QED) is 0.797. The molecule has 0 aliphatic carbocycles. The van der Waals surface area contributed by atoms with E-state index in [1.807, 2.05) is 0 Å². The third-order valence-corrected chi connectivity index (χ3v) is 2.79. The fourth-order valence-electron chi connectivity index (χ4n) is 1.35. The van der Waals surface area contributed by atoms with Gasteiger partial charge < -0.3 is 0 Å². The molecule has 0 unspecified atom stereocenters. The fourth-order valence-corrected chi connectivity index (χ4v) is 1.74. The first-order valence-corrected chi connectivity index (χ1v) is 5.13. The zero-order valence-corrected chi connectivity index (χ0v) is 9.77. The summed E-state index contributed by atoms with van der Waals surface area (Å²) in [7, 11) is 1.58. The van der Waals surface area contributed by atoms with Gasteiger partial charge in [-0.15, -0.1) is 0 Å². The van der Waals surface area contributed by atoms with E-state index in [1.54, 1.807) is 7.05 Å². The Hall–Kier alpha value is -1.40. The molecule has 0 saturated carbocycles. The van der Waals surface area contributed by atoms with Crippen LogP contribution in [0.15, 0.2) is 23.0 Å². The van der Waals surface area contributed by atoms with Gasteiger partial charge in [0.05, 0.1) is 5.69 Å². The molecule has 0 spiro atoms. The highest BCUT2D eigenvalue weighted by Crippen LogP contribution is 2.17. The molecule has 1 aromatic heterocycles. The molecule has 4 nitrogen and oxygen atoms in total. The van der Waals surface area contributed by atoms with Crippen LogP contribution in [0, 0.1) is 10.6 Å². The highest BCUT2D eigenvalue weighted by Gasteiger charge is 2.10. The highest BCUT2D eigenvalue weighted by molar-refractivity contribution is 7.71. The van der Waals surface area contributed by atoms with Crippen LogP contribution in [0.3, 0.4) is 0 Å². The molecule has 0 amide bonds. The van der Waals surface area contributed by atoms with Gasteiger partial charge in [0, 0.05) is 12.1 Å². The summed E-state index contributed by atoms with van der Waals surface area (Å²) in [6, 6.07) is 4.03. The Bertz CT molecular complexity index is 658. The van der Waals surface area contributed by atoms with Crippen LogP contribution < -0.4 is 5.69 Å². The van der Waals surface area contributed by atoms with Gasteiger partial charge in [0.2, 0.25) is 4.77 Å². The molecular weight excluding hydrogens is 253 g/mol. The predicted molar refractivity (Wildman–Crippen MR) is 61.2 cm³/mol. The van der Waals surface area contributed by atoms with Gasteiger partial charge in [0.25, 0.3) is 0 Å². The van der Waals surface area contributed by atoms with E-state index in [0.29, 0.717) is 0 Å². The Kier molecular flexibility index (Phi) is 2.69. The van der Waals surface area contributed by atoms with E-state index in [0.717, 1.165) is 10.6 Å². The van der Waals surface area contributed by atoms with Gasteiger partial charge in [0.15, 0.2) is 0 Å². The van der Waals surface area contributed by atoms with Gasteiger partial charge in [-0.1, -0.05) is 11.6 Å². The van der Waals surface area contributed by atoms with Crippen molar-refractivity contribution in [3.63, 3.8) is 0 Å². The summed E-state index contributed by atoms with van der Waals surface area (Å²) in [5, 5.41) is 2.70. The smallest absolute Gasteiger partial charge is 0.262 e. The average molecular weight is 260 g/mol. The van der Waals surface area contributed by atoms with Crippen molar-refractivity contribution in [2.75, 3.05) is 0 Å². The Balaban J connectivity index is 2.78. The first-order chi connectivity index (χ1) is 7.50. The summed E-state index contributed by atoms with van der Waals surface area (Å²) in [6.45, 7) is 0. The van der Waals surface area contributed by atoms with Crippen LogP contribution in [-0.4, -0.2) is 14.3 Å². The Labute approximate surface area is 99.9 Å². The summed E-state index contributed by atoms with van der Waals surface area (Å²) >= 11 is 10.6. The van der Waals surface area contributed by atoms with Crippen LogP contribution in [0.5, 0.6) is 0 Å². The Morgan fingerprint density at radius 1 is 1.50 bits per heavy atom.